The summed E-state index contributed by atoms with van der Waals surface area (Å²) in [5, 5.41) is 7.57. The molecule has 0 saturated heterocycles. The van der Waals surface area contributed by atoms with Gasteiger partial charge in [0.1, 0.15) is 12.4 Å². The highest BCUT2D eigenvalue weighted by Crippen LogP contribution is 2.23. The Bertz CT molecular complexity index is 631. The van der Waals surface area contributed by atoms with E-state index in [9.17, 15) is 0 Å². The Morgan fingerprint density at radius 2 is 2.29 bits per heavy atom. The second-order valence-corrected chi connectivity index (χ2v) is 5.53. The lowest BCUT2D eigenvalue weighted by atomic mass is 10.2. The molecular weight excluding hydrogens is 330 g/mol. The summed E-state index contributed by atoms with van der Waals surface area (Å²) in [6.07, 6.45) is 7.99. The van der Waals surface area contributed by atoms with Gasteiger partial charge in [0.2, 0.25) is 0 Å². The highest BCUT2D eigenvalue weighted by atomic mass is 79.9. The minimum atomic E-state index is 0.281. The standard InChI is InChI=1S/C16H18BrN3O/c1-3-10-21-16-5-4-14(17)11-13(16)12-18-8-6-15-7-9-19-20(15)2/h1,4-5,7,9,11,18H,6,8,10,12H2,2H3. The van der Waals surface area contributed by atoms with Crippen molar-refractivity contribution in [3.05, 3.63) is 46.2 Å². The summed E-state index contributed by atoms with van der Waals surface area (Å²) in [6, 6.07) is 7.95. The molecule has 0 spiro atoms. The van der Waals surface area contributed by atoms with Crippen LogP contribution >= 0.6 is 15.9 Å². The van der Waals surface area contributed by atoms with Crippen molar-refractivity contribution in [2.45, 2.75) is 13.0 Å². The SMILES string of the molecule is C#CCOc1ccc(Br)cc1CNCCc1ccnn1C. The summed E-state index contributed by atoms with van der Waals surface area (Å²) in [4.78, 5) is 0. The molecule has 2 aromatic rings. The van der Waals surface area contributed by atoms with Crippen molar-refractivity contribution in [3.63, 3.8) is 0 Å². The Morgan fingerprint density at radius 1 is 1.43 bits per heavy atom. The molecule has 2 rings (SSSR count). The molecule has 21 heavy (non-hydrogen) atoms. The largest absolute Gasteiger partial charge is 0.481 e. The van der Waals surface area contributed by atoms with Gasteiger partial charge in [-0.15, -0.1) is 6.42 Å². The fourth-order valence-electron chi connectivity index (χ4n) is 2.03. The highest BCUT2D eigenvalue weighted by molar-refractivity contribution is 9.10. The number of aryl methyl sites for hydroxylation is 1. The average Bonchev–Trinajstić information content (AvgIpc) is 2.88. The van der Waals surface area contributed by atoms with Crippen LogP contribution in [0.2, 0.25) is 0 Å². The van der Waals surface area contributed by atoms with Gasteiger partial charge >= 0.3 is 0 Å². The highest BCUT2D eigenvalue weighted by Gasteiger charge is 2.05. The third-order valence-electron chi connectivity index (χ3n) is 3.13. The maximum Gasteiger partial charge on any atom is 0.148 e. The Hall–Kier alpha value is -1.77. The molecule has 5 heteroatoms. The van der Waals surface area contributed by atoms with E-state index in [-0.39, 0.29) is 6.61 Å². The summed E-state index contributed by atoms with van der Waals surface area (Å²) in [7, 11) is 1.95. The van der Waals surface area contributed by atoms with E-state index in [2.05, 4.69) is 32.3 Å². The third kappa shape index (κ3) is 4.62. The maximum absolute atomic E-state index is 5.55. The Kier molecular flexibility index (Phi) is 5.85. The second-order valence-electron chi connectivity index (χ2n) is 4.62. The molecule has 0 saturated carbocycles. The van der Waals surface area contributed by atoms with Gasteiger partial charge in [0.05, 0.1) is 0 Å². The predicted molar refractivity (Wildman–Crippen MR) is 87.1 cm³/mol. The Morgan fingerprint density at radius 3 is 3.00 bits per heavy atom. The zero-order valence-corrected chi connectivity index (χ0v) is 13.6. The summed E-state index contributed by atoms with van der Waals surface area (Å²) < 4.78 is 8.47. The smallest absolute Gasteiger partial charge is 0.148 e. The van der Waals surface area contributed by atoms with Crippen LogP contribution in [-0.4, -0.2) is 22.9 Å². The van der Waals surface area contributed by atoms with E-state index < -0.39 is 0 Å². The van der Waals surface area contributed by atoms with Crippen molar-refractivity contribution in [2.75, 3.05) is 13.2 Å². The molecule has 110 valence electrons. The first-order valence-electron chi connectivity index (χ1n) is 6.73. The lowest BCUT2D eigenvalue weighted by Gasteiger charge is -2.11. The number of nitrogens with zero attached hydrogens (tertiary/aromatic N) is 2. The van der Waals surface area contributed by atoms with Gasteiger partial charge in [-0.1, -0.05) is 21.9 Å². The topological polar surface area (TPSA) is 39.1 Å². The van der Waals surface area contributed by atoms with Gasteiger partial charge < -0.3 is 10.1 Å². The van der Waals surface area contributed by atoms with E-state index in [4.69, 9.17) is 11.2 Å². The summed E-state index contributed by atoms with van der Waals surface area (Å²) in [5.74, 6) is 3.31. The molecule has 0 aliphatic heterocycles. The number of rotatable bonds is 7. The van der Waals surface area contributed by atoms with Crippen molar-refractivity contribution >= 4 is 15.9 Å². The number of nitrogens with one attached hydrogen (secondary N) is 1. The van der Waals surface area contributed by atoms with E-state index in [1.54, 1.807) is 0 Å². The van der Waals surface area contributed by atoms with Gasteiger partial charge in [0, 0.05) is 48.5 Å². The molecule has 1 N–H and O–H groups in total. The average molecular weight is 348 g/mol. The number of aromatic nitrogens is 2. The lowest BCUT2D eigenvalue weighted by Crippen LogP contribution is -2.18. The normalized spacial score (nSPS) is 10.3. The van der Waals surface area contributed by atoms with Gasteiger partial charge in [-0.05, 0) is 24.3 Å². The number of terminal acetylenes is 1. The summed E-state index contributed by atoms with van der Waals surface area (Å²) in [6.45, 7) is 1.89. The molecule has 0 bridgehead atoms. The van der Waals surface area contributed by atoms with Crippen LogP contribution in [0.5, 0.6) is 5.75 Å². The van der Waals surface area contributed by atoms with Crippen molar-refractivity contribution in [1.29, 1.82) is 0 Å². The number of ether oxygens (including phenoxy) is 1. The van der Waals surface area contributed by atoms with Gasteiger partial charge in [-0.2, -0.15) is 5.10 Å². The Labute approximate surface area is 133 Å². The lowest BCUT2D eigenvalue weighted by molar-refractivity contribution is 0.364. The van der Waals surface area contributed by atoms with E-state index in [0.717, 1.165) is 35.3 Å². The van der Waals surface area contributed by atoms with Crippen LogP contribution in [0.4, 0.5) is 0 Å². The second kappa shape index (κ2) is 7.87. The fourth-order valence-corrected chi connectivity index (χ4v) is 2.44. The van der Waals surface area contributed by atoms with Crippen LogP contribution in [0.1, 0.15) is 11.3 Å². The molecule has 0 fully saturated rings. The zero-order valence-electron chi connectivity index (χ0n) is 12.0. The van der Waals surface area contributed by atoms with E-state index in [1.807, 2.05) is 42.2 Å². The van der Waals surface area contributed by atoms with Gasteiger partial charge in [0.25, 0.3) is 0 Å². The minimum Gasteiger partial charge on any atom is -0.481 e. The van der Waals surface area contributed by atoms with E-state index in [1.165, 1.54) is 5.69 Å². The van der Waals surface area contributed by atoms with E-state index in [0.29, 0.717) is 0 Å². The maximum atomic E-state index is 5.55. The van der Waals surface area contributed by atoms with Crippen LogP contribution in [-0.2, 0) is 20.0 Å². The first-order valence-corrected chi connectivity index (χ1v) is 7.52. The number of hydrogen-bond donors (Lipinski definition) is 1. The summed E-state index contributed by atoms with van der Waals surface area (Å²) >= 11 is 3.48. The molecule has 0 aliphatic rings. The van der Waals surface area contributed by atoms with Crippen LogP contribution in [0.25, 0.3) is 0 Å². The van der Waals surface area contributed by atoms with Crippen molar-refractivity contribution in [1.82, 2.24) is 15.1 Å². The number of benzene rings is 1. The van der Waals surface area contributed by atoms with Crippen molar-refractivity contribution < 1.29 is 4.74 Å². The molecule has 0 unspecified atom stereocenters. The fraction of sp³-hybridized carbons (Fsp3) is 0.312. The molecule has 4 nitrogen and oxygen atoms in total. The first kappa shape index (κ1) is 15.6. The molecule has 1 heterocycles. The third-order valence-corrected chi connectivity index (χ3v) is 3.62. The molecule has 0 atom stereocenters. The van der Waals surface area contributed by atoms with Crippen LogP contribution in [0.15, 0.2) is 34.9 Å². The minimum absolute atomic E-state index is 0.281. The molecule has 0 amide bonds. The number of halogens is 1. The molecule has 1 aromatic heterocycles. The number of hydrogen-bond acceptors (Lipinski definition) is 3. The summed E-state index contributed by atoms with van der Waals surface area (Å²) in [5.41, 5.74) is 2.30. The van der Waals surface area contributed by atoms with Crippen LogP contribution in [0, 0.1) is 12.3 Å². The molecular formula is C16H18BrN3O. The van der Waals surface area contributed by atoms with Gasteiger partial charge in [-0.25, -0.2) is 0 Å². The monoisotopic (exact) mass is 347 g/mol. The van der Waals surface area contributed by atoms with Gasteiger partial charge in [0.15, 0.2) is 0 Å². The first-order chi connectivity index (χ1) is 10.2. The quantitative estimate of drug-likeness (QED) is 0.617. The van der Waals surface area contributed by atoms with Crippen LogP contribution < -0.4 is 10.1 Å². The van der Waals surface area contributed by atoms with Crippen molar-refractivity contribution in [3.8, 4) is 18.1 Å². The van der Waals surface area contributed by atoms with E-state index >= 15 is 0 Å². The zero-order chi connectivity index (χ0) is 15.1. The molecule has 0 aliphatic carbocycles. The van der Waals surface area contributed by atoms with Crippen molar-refractivity contribution in [2.24, 2.45) is 7.05 Å². The Balaban J connectivity index is 1.88. The molecule has 0 radical (unpaired) electrons. The predicted octanol–water partition coefficient (Wildman–Crippen LogP) is 2.53. The molecule has 1 aromatic carbocycles. The van der Waals surface area contributed by atoms with Crippen LogP contribution in [0.3, 0.4) is 0 Å². The van der Waals surface area contributed by atoms with Gasteiger partial charge in [-0.3, -0.25) is 4.68 Å².